The largest absolute Gasteiger partial charge is 0.377 e. The fourth-order valence-corrected chi connectivity index (χ4v) is 3.70. The van der Waals surface area contributed by atoms with Crippen LogP contribution in [0.25, 0.3) is 0 Å². The van der Waals surface area contributed by atoms with Crippen LogP contribution in [0, 0.1) is 6.92 Å². The Morgan fingerprint density at radius 3 is 2.92 bits per heavy atom. The molecule has 2 fully saturated rings. The van der Waals surface area contributed by atoms with Gasteiger partial charge in [-0.05, 0) is 26.8 Å². The first-order valence-electron chi connectivity index (χ1n) is 8.70. The number of hydrogen-bond donors (Lipinski definition) is 1. The zero-order valence-corrected chi connectivity index (χ0v) is 14.5. The van der Waals surface area contributed by atoms with Crippen molar-refractivity contribution in [3.05, 3.63) is 27.9 Å². The Labute approximate surface area is 142 Å². The first kappa shape index (κ1) is 17.1. The van der Waals surface area contributed by atoms with Gasteiger partial charge in [0.15, 0.2) is 0 Å². The van der Waals surface area contributed by atoms with E-state index >= 15 is 0 Å². The van der Waals surface area contributed by atoms with Crippen molar-refractivity contribution in [3.8, 4) is 0 Å². The molecule has 1 saturated heterocycles. The molecule has 2 aliphatic rings. The summed E-state index contributed by atoms with van der Waals surface area (Å²) in [6, 6.07) is 1.69. The van der Waals surface area contributed by atoms with Gasteiger partial charge in [-0.15, -0.1) is 0 Å². The van der Waals surface area contributed by atoms with Crippen molar-refractivity contribution in [1.82, 2.24) is 19.8 Å². The fourth-order valence-electron chi connectivity index (χ4n) is 3.70. The summed E-state index contributed by atoms with van der Waals surface area (Å²) in [5.41, 5.74) is 0.409. The van der Waals surface area contributed by atoms with E-state index in [1.165, 1.54) is 31.7 Å². The van der Waals surface area contributed by atoms with Crippen molar-refractivity contribution < 1.29 is 9.53 Å². The number of aromatic nitrogens is 2. The third kappa shape index (κ3) is 3.84. The Balaban J connectivity index is 1.73. The molecule has 1 aromatic heterocycles. The van der Waals surface area contributed by atoms with E-state index in [1.54, 1.807) is 6.92 Å². The smallest absolute Gasteiger partial charge is 0.251 e. The molecule has 1 saturated carbocycles. The summed E-state index contributed by atoms with van der Waals surface area (Å²) >= 11 is 0. The maximum Gasteiger partial charge on any atom is 0.251 e. The number of rotatable bonds is 4. The second-order valence-corrected chi connectivity index (χ2v) is 6.79. The average Bonchev–Trinajstić information content (AvgIpc) is 3.08. The topological polar surface area (TPSA) is 78.5 Å². The molecule has 132 valence electrons. The summed E-state index contributed by atoms with van der Waals surface area (Å²) in [7, 11) is 2.03. The molecule has 0 radical (unpaired) electrons. The number of hydrogen-bond acceptors (Lipinski definition) is 5. The molecule has 0 unspecified atom stereocenters. The number of aromatic amines is 1. The Morgan fingerprint density at radius 2 is 2.21 bits per heavy atom. The quantitative estimate of drug-likeness (QED) is 0.883. The molecule has 1 N–H and O–H groups in total. The standard InChI is InChI=1S/C17H26N4O3/c1-12-18-14(9-16(22)19-12)15-11-24-8-7-21(15)17(23)10-20(2)13-5-3-4-6-13/h9,13,15H,3-8,10-11H2,1-2H3,(H,18,19,22)/t15-/m0/s1. The molecule has 1 aliphatic carbocycles. The maximum absolute atomic E-state index is 12.8. The first-order valence-corrected chi connectivity index (χ1v) is 8.70. The Bertz CT molecular complexity index is 639. The third-order valence-corrected chi connectivity index (χ3v) is 5.00. The van der Waals surface area contributed by atoms with Crippen molar-refractivity contribution in [1.29, 1.82) is 0 Å². The lowest BCUT2D eigenvalue weighted by Crippen LogP contribution is -2.48. The van der Waals surface area contributed by atoms with Crippen LogP contribution in [0.4, 0.5) is 0 Å². The van der Waals surface area contributed by atoms with Crippen LogP contribution in [0.15, 0.2) is 10.9 Å². The van der Waals surface area contributed by atoms with E-state index in [0.717, 1.165) is 0 Å². The number of nitrogens with one attached hydrogen (secondary N) is 1. The van der Waals surface area contributed by atoms with E-state index < -0.39 is 0 Å². The predicted octanol–water partition coefficient (Wildman–Crippen LogP) is 0.853. The lowest BCUT2D eigenvalue weighted by molar-refractivity contribution is -0.141. The maximum atomic E-state index is 12.8. The first-order chi connectivity index (χ1) is 11.5. The summed E-state index contributed by atoms with van der Waals surface area (Å²) in [5, 5.41) is 0. The summed E-state index contributed by atoms with van der Waals surface area (Å²) < 4.78 is 5.54. The molecule has 7 heteroatoms. The normalized spacial score (nSPS) is 22.3. The van der Waals surface area contributed by atoms with E-state index in [2.05, 4.69) is 14.9 Å². The molecule has 2 heterocycles. The minimum absolute atomic E-state index is 0.0810. The molecule has 0 bridgehead atoms. The van der Waals surface area contributed by atoms with E-state index in [1.807, 2.05) is 11.9 Å². The highest BCUT2D eigenvalue weighted by molar-refractivity contribution is 5.79. The van der Waals surface area contributed by atoms with Crippen LogP contribution in [-0.4, -0.2) is 65.1 Å². The molecule has 0 spiro atoms. The molecule has 1 atom stereocenters. The van der Waals surface area contributed by atoms with Crippen LogP contribution in [-0.2, 0) is 9.53 Å². The van der Waals surface area contributed by atoms with Gasteiger partial charge in [0, 0.05) is 18.7 Å². The lowest BCUT2D eigenvalue weighted by atomic mass is 10.1. The lowest BCUT2D eigenvalue weighted by Gasteiger charge is -2.36. The van der Waals surface area contributed by atoms with Crippen LogP contribution in [0.3, 0.4) is 0 Å². The number of aryl methyl sites for hydroxylation is 1. The van der Waals surface area contributed by atoms with Gasteiger partial charge >= 0.3 is 0 Å². The van der Waals surface area contributed by atoms with E-state index in [-0.39, 0.29) is 17.5 Å². The minimum atomic E-state index is -0.288. The molecular weight excluding hydrogens is 308 g/mol. The van der Waals surface area contributed by atoms with Gasteiger partial charge in [0.05, 0.1) is 31.5 Å². The molecule has 7 nitrogen and oxygen atoms in total. The van der Waals surface area contributed by atoms with Crippen LogP contribution < -0.4 is 5.56 Å². The van der Waals surface area contributed by atoms with Crippen molar-refractivity contribution in [2.24, 2.45) is 0 Å². The zero-order chi connectivity index (χ0) is 17.1. The van der Waals surface area contributed by atoms with Gasteiger partial charge in [0.2, 0.25) is 5.91 Å². The number of amides is 1. The number of nitrogens with zero attached hydrogens (tertiary/aromatic N) is 3. The van der Waals surface area contributed by atoms with Gasteiger partial charge in [-0.3, -0.25) is 14.5 Å². The van der Waals surface area contributed by atoms with Gasteiger partial charge in [0.25, 0.3) is 5.56 Å². The highest BCUT2D eigenvalue weighted by Gasteiger charge is 2.31. The number of ether oxygens (including phenoxy) is 1. The number of likely N-dealkylation sites (N-methyl/N-ethyl adjacent to an activating group) is 1. The second kappa shape index (κ2) is 7.44. The minimum Gasteiger partial charge on any atom is -0.377 e. The average molecular weight is 334 g/mol. The van der Waals surface area contributed by atoms with Crippen LogP contribution in [0.2, 0.25) is 0 Å². The van der Waals surface area contributed by atoms with Crippen molar-refractivity contribution in [2.45, 2.75) is 44.7 Å². The van der Waals surface area contributed by atoms with Gasteiger partial charge < -0.3 is 14.6 Å². The number of H-pyrrole nitrogens is 1. The molecule has 3 rings (SSSR count). The highest BCUT2D eigenvalue weighted by atomic mass is 16.5. The van der Waals surface area contributed by atoms with E-state index in [4.69, 9.17) is 4.74 Å². The van der Waals surface area contributed by atoms with E-state index in [9.17, 15) is 9.59 Å². The zero-order valence-electron chi connectivity index (χ0n) is 14.5. The van der Waals surface area contributed by atoms with Crippen molar-refractivity contribution >= 4 is 5.91 Å². The SMILES string of the molecule is Cc1nc([C@@H]2COCCN2C(=O)CN(C)C2CCCC2)cc(=O)[nH]1. The third-order valence-electron chi connectivity index (χ3n) is 5.00. The number of carbonyl (C=O) groups excluding carboxylic acids is 1. The second-order valence-electron chi connectivity index (χ2n) is 6.79. The Kier molecular flexibility index (Phi) is 5.30. The molecular formula is C17H26N4O3. The number of carbonyl (C=O) groups is 1. The van der Waals surface area contributed by atoms with Crippen LogP contribution in [0.1, 0.15) is 43.2 Å². The Morgan fingerprint density at radius 1 is 1.46 bits per heavy atom. The van der Waals surface area contributed by atoms with Gasteiger partial charge in [-0.25, -0.2) is 4.98 Å². The monoisotopic (exact) mass is 334 g/mol. The molecule has 24 heavy (non-hydrogen) atoms. The van der Waals surface area contributed by atoms with E-state index in [0.29, 0.717) is 43.9 Å². The fraction of sp³-hybridized carbons (Fsp3) is 0.706. The molecule has 1 amide bonds. The predicted molar refractivity (Wildman–Crippen MR) is 89.8 cm³/mol. The summed E-state index contributed by atoms with van der Waals surface area (Å²) in [4.78, 5) is 35.6. The van der Waals surface area contributed by atoms with Gasteiger partial charge in [-0.2, -0.15) is 0 Å². The molecule has 1 aliphatic heterocycles. The summed E-state index contributed by atoms with van der Waals surface area (Å²) in [6.45, 7) is 3.60. The van der Waals surface area contributed by atoms with Crippen LogP contribution in [0.5, 0.6) is 0 Å². The van der Waals surface area contributed by atoms with Gasteiger partial charge in [0.1, 0.15) is 5.82 Å². The number of morpholine rings is 1. The van der Waals surface area contributed by atoms with Crippen molar-refractivity contribution in [2.75, 3.05) is 33.4 Å². The van der Waals surface area contributed by atoms with Crippen molar-refractivity contribution in [3.63, 3.8) is 0 Å². The summed E-state index contributed by atoms with van der Waals surface area (Å²) in [6.07, 6.45) is 4.84. The van der Waals surface area contributed by atoms with Crippen LogP contribution >= 0.6 is 0 Å². The molecule has 0 aromatic carbocycles. The highest BCUT2D eigenvalue weighted by Crippen LogP contribution is 2.25. The molecule has 1 aromatic rings. The summed E-state index contributed by atoms with van der Waals surface area (Å²) in [5.74, 6) is 0.635. The van der Waals surface area contributed by atoms with Gasteiger partial charge in [-0.1, -0.05) is 12.8 Å². The Hall–Kier alpha value is -1.73.